The Morgan fingerprint density at radius 2 is 0.889 bits per heavy atom. The summed E-state index contributed by atoms with van der Waals surface area (Å²) in [5, 5.41) is 5.14. The van der Waals surface area contributed by atoms with Crippen molar-refractivity contribution in [1.29, 1.82) is 0 Å². The minimum atomic E-state index is -0.103. The molecular formula is C61H43NS. The standard InChI is InChI=1S/C61H43NS/c1-61(2)56-28-8-5-21-52(56)54-26-13-24-50(59(54)61)41-31-35-45(36-32-41)62(46-37-33-42(34-38-46)51-25-14-27-55-53-22-7-10-30-58(53)63-60(51)55)57-29-9-6-20-49(57)44-18-11-17-43(39-44)48-23-12-16-40-15-3-4-19-47(40)48/h3-39H,1-2H3. The van der Waals surface area contributed by atoms with Crippen LogP contribution in [0.3, 0.4) is 0 Å². The zero-order valence-corrected chi connectivity index (χ0v) is 36.0. The molecule has 11 aromatic rings. The summed E-state index contributed by atoms with van der Waals surface area (Å²) in [7, 11) is 0. The average Bonchev–Trinajstić information content (AvgIpc) is 3.84. The van der Waals surface area contributed by atoms with Gasteiger partial charge in [-0.05, 0) is 114 Å². The lowest BCUT2D eigenvalue weighted by Crippen LogP contribution is -2.16. The third-order valence-electron chi connectivity index (χ3n) is 13.3. The van der Waals surface area contributed by atoms with Gasteiger partial charge in [-0.15, -0.1) is 11.3 Å². The number of rotatable bonds is 7. The summed E-state index contributed by atoms with van der Waals surface area (Å²) in [6.45, 7) is 4.74. The van der Waals surface area contributed by atoms with Gasteiger partial charge in [-0.1, -0.05) is 196 Å². The number of hydrogen-bond acceptors (Lipinski definition) is 2. The van der Waals surface area contributed by atoms with E-state index in [0.717, 1.165) is 17.1 Å². The first-order valence-corrected chi connectivity index (χ1v) is 22.7. The first-order valence-electron chi connectivity index (χ1n) is 21.8. The summed E-state index contributed by atoms with van der Waals surface area (Å²) in [5.74, 6) is 0. The molecule has 1 nitrogen and oxygen atoms in total. The average molecular weight is 822 g/mol. The third kappa shape index (κ3) is 6.13. The second kappa shape index (κ2) is 14.8. The second-order valence-corrected chi connectivity index (χ2v) is 18.3. The summed E-state index contributed by atoms with van der Waals surface area (Å²) in [4.78, 5) is 2.43. The van der Waals surface area contributed by atoms with E-state index in [4.69, 9.17) is 0 Å². The molecule has 10 aromatic carbocycles. The Hall–Kier alpha value is -7.52. The fraction of sp³-hybridized carbons (Fsp3) is 0.0492. The highest BCUT2D eigenvalue weighted by atomic mass is 32.1. The number of para-hydroxylation sites is 1. The van der Waals surface area contributed by atoms with Crippen molar-refractivity contribution >= 4 is 59.3 Å². The maximum absolute atomic E-state index is 2.43. The quantitative estimate of drug-likeness (QED) is 0.155. The van der Waals surface area contributed by atoms with E-state index in [1.165, 1.54) is 97.7 Å². The van der Waals surface area contributed by atoms with Crippen molar-refractivity contribution in [2.75, 3.05) is 4.90 Å². The summed E-state index contributed by atoms with van der Waals surface area (Å²) in [6.07, 6.45) is 0. The van der Waals surface area contributed by atoms with Gasteiger partial charge in [0.25, 0.3) is 0 Å². The molecule has 1 aliphatic rings. The van der Waals surface area contributed by atoms with Crippen molar-refractivity contribution in [3.8, 4) is 55.6 Å². The van der Waals surface area contributed by atoms with Gasteiger partial charge in [-0.3, -0.25) is 0 Å². The number of nitrogens with zero attached hydrogens (tertiary/aromatic N) is 1. The minimum absolute atomic E-state index is 0.103. The molecule has 298 valence electrons. The Balaban J connectivity index is 0.992. The zero-order valence-electron chi connectivity index (χ0n) is 35.2. The third-order valence-corrected chi connectivity index (χ3v) is 14.5. The monoisotopic (exact) mass is 821 g/mol. The van der Waals surface area contributed by atoms with Crippen molar-refractivity contribution in [1.82, 2.24) is 0 Å². The van der Waals surface area contributed by atoms with Crippen LogP contribution in [-0.2, 0) is 5.41 Å². The molecule has 1 aromatic heterocycles. The predicted octanol–water partition coefficient (Wildman–Crippen LogP) is 17.7. The highest BCUT2D eigenvalue weighted by Gasteiger charge is 2.37. The van der Waals surface area contributed by atoms with Crippen LogP contribution >= 0.6 is 11.3 Å². The molecule has 1 heterocycles. The Bertz CT molecular complexity index is 3530. The van der Waals surface area contributed by atoms with Gasteiger partial charge in [-0.25, -0.2) is 0 Å². The van der Waals surface area contributed by atoms with E-state index in [9.17, 15) is 0 Å². The van der Waals surface area contributed by atoms with E-state index in [0.29, 0.717) is 0 Å². The Morgan fingerprint density at radius 1 is 0.365 bits per heavy atom. The zero-order chi connectivity index (χ0) is 42.1. The van der Waals surface area contributed by atoms with Crippen LogP contribution in [0.5, 0.6) is 0 Å². The molecule has 1 aliphatic carbocycles. The van der Waals surface area contributed by atoms with E-state index < -0.39 is 0 Å². The molecule has 0 saturated carbocycles. The molecule has 0 bridgehead atoms. The van der Waals surface area contributed by atoms with Gasteiger partial charge in [-0.2, -0.15) is 0 Å². The van der Waals surface area contributed by atoms with Crippen molar-refractivity contribution < 1.29 is 0 Å². The molecule has 0 spiro atoms. The normalized spacial score (nSPS) is 12.7. The number of fused-ring (bicyclic) bond motifs is 7. The Morgan fingerprint density at radius 3 is 1.70 bits per heavy atom. The van der Waals surface area contributed by atoms with E-state index in [-0.39, 0.29) is 5.41 Å². The van der Waals surface area contributed by atoms with Gasteiger partial charge in [0.2, 0.25) is 0 Å². The summed E-state index contributed by atoms with van der Waals surface area (Å²) >= 11 is 1.88. The molecule has 0 fully saturated rings. The van der Waals surface area contributed by atoms with Crippen LogP contribution in [-0.4, -0.2) is 0 Å². The van der Waals surface area contributed by atoms with E-state index >= 15 is 0 Å². The lowest BCUT2D eigenvalue weighted by Gasteiger charge is -2.29. The fourth-order valence-corrected chi connectivity index (χ4v) is 11.6. The summed E-state index contributed by atoms with van der Waals surface area (Å²) < 4.78 is 2.65. The molecule has 0 unspecified atom stereocenters. The largest absolute Gasteiger partial charge is 0.310 e. The Kier molecular flexibility index (Phi) is 8.77. The molecule has 0 aliphatic heterocycles. The summed E-state index contributed by atoms with van der Waals surface area (Å²) in [6, 6.07) is 82.8. The molecule has 63 heavy (non-hydrogen) atoms. The van der Waals surface area contributed by atoms with Crippen molar-refractivity contribution in [3.63, 3.8) is 0 Å². The van der Waals surface area contributed by atoms with Crippen molar-refractivity contribution in [3.05, 3.63) is 236 Å². The second-order valence-electron chi connectivity index (χ2n) is 17.2. The molecule has 0 N–H and O–H groups in total. The van der Waals surface area contributed by atoms with Gasteiger partial charge in [0.1, 0.15) is 0 Å². The fourth-order valence-electron chi connectivity index (χ4n) is 10.3. The maximum atomic E-state index is 2.43. The highest BCUT2D eigenvalue weighted by molar-refractivity contribution is 7.26. The van der Waals surface area contributed by atoms with Crippen molar-refractivity contribution in [2.45, 2.75) is 19.3 Å². The van der Waals surface area contributed by atoms with Gasteiger partial charge in [0.05, 0.1) is 5.69 Å². The molecular weight excluding hydrogens is 779 g/mol. The van der Waals surface area contributed by atoms with Crippen LogP contribution in [0.15, 0.2) is 224 Å². The van der Waals surface area contributed by atoms with Crippen LogP contribution < -0.4 is 4.90 Å². The topological polar surface area (TPSA) is 3.24 Å². The van der Waals surface area contributed by atoms with Crippen LogP contribution in [0.2, 0.25) is 0 Å². The van der Waals surface area contributed by atoms with Crippen LogP contribution in [0.4, 0.5) is 17.1 Å². The summed E-state index contributed by atoms with van der Waals surface area (Å²) in [5.41, 5.74) is 18.5. The van der Waals surface area contributed by atoms with Gasteiger partial charge >= 0.3 is 0 Å². The number of thiophene rings is 1. The van der Waals surface area contributed by atoms with Gasteiger partial charge < -0.3 is 4.90 Å². The lowest BCUT2D eigenvalue weighted by atomic mass is 9.79. The minimum Gasteiger partial charge on any atom is -0.310 e. The predicted molar refractivity (Wildman–Crippen MR) is 271 cm³/mol. The van der Waals surface area contributed by atoms with Gasteiger partial charge in [0, 0.05) is 42.5 Å². The molecule has 0 amide bonds. The molecule has 0 saturated heterocycles. The van der Waals surface area contributed by atoms with Crippen molar-refractivity contribution in [2.24, 2.45) is 0 Å². The van der Waals surface area contributed by atoms with E-state index in [1.807, 2.05) is 11.3 Å². The van der Waals surface area contributed by atoms with E-state index in [1.54, 1.807) is 0 Å². The number of benzene rings is 10. The molecule has 0 radical (unpaired) electrons. The first kappa shape index (κ1) is 37.3. The molecule has 0 atom stereocenters. The maximum Gasteiger partial charge on any atom is 0.0540 e. The van der Waals surface area contributed by atoms with Crippen LogP contribution in [0, 0.1) is 0 Å². The van der Waals surface area contributed by atoms with Gasteiger partial charge in [0.15, 0.2) is 0 Å². The smallest absolute Gasteiger partial charge is 0.0540 e. The Labute approximate surface area is 372 Å². The molecule has 12 rings (SSSR count). The van der Waals surface area contributed by atoms with E-state index in [2.05, 4.69) is 243 Å². The first-order chi connectivity index (χ1) is 31.0. The number of anilines is 3. The van der Waals surface area contributed by atoms with Crippen LogP contribution in [0.1, 0.15) is 25.0 Å². The van der Waals surface area contributed by atoms with Crippen LogP contribution in [0.25, 0.3) is 86.6 Å². The number of hydrogen-bond donors (Lipinski definition) is 0. The lowest BCUT2D eigenvalue weighted by molar-refractivity contribution is 0.662. The SMILES string of the molecule is CC1(C)c2ccccc2-c2cccc(-c3ccc(N(c4ccc(-c5cccc6c5sc5ccccc56)cc4)c4ccccc4-c4cccc(-c5cccc6ccccc56)c4)cc3)c21. The molecule has 2 heteroatoms. The highest BCUT2D eigenvalue weighted by Crippen LogP contribution is 2.52.